The van der Waals surface area contributed by atoms with E-state index in [1.807, 2.05) is 0 Å². The highest BCUT2D eigenvalue weighted by Crippen LogP contribution is 2.23. The molecule has 0 bridgehead atoms. The SMILES string of the molecule is CC(=O)OCC(OC(C)=O)C(OC(C)=O)C(OC(C)=O)C(CN(C)c1cc(C)nc2ncnn12)OC(C)=O. The van der Waals surface area contributed by atoms with Gasteiger partial charge in [0.15, 0.2) is 24.4 Å². The summed E-state index contributed by atoms with van der Waals surface area (Å²) in [7, 11) is 1.65. The Morgan fingerprint density at radius 2 is 1.37 bits per heavy atom. The maximum atomic E-state index is 12.1. The number of fused-ring (bicyclic) bond motifs is 1. The van der Waals surface area contributed by atoms with Gasteiger partial charge in [0.2, 0.25) is 0 Å². The van der Waals surface area contributed by atoms with Crippen LogP contribution in [0.3, 0.4) is 0 Å². The van der Waals surface area contributed by atoms with Crippen LogP contribution in [0.15, 0.2) is 12.4 Å². The van der Waals surface area contributed by atoms with Crippen molar-refractivity contribution in [1.82, 2.24) is 19.6 Å². The quantitative estimate of drug-likeness (QED) is 0.264. The molecule has 38 heavy (non-hydrogen) atoms. The van der Waals surface area contributed by atoms with Crippen LogP contribution in [0.5, 0.6) is 0 Å². The average Bonchev–Trinajstić information content (AvgIpc) is 3.25. The van der Waals surface area contributed by atoms with E-state index in [0.29, 0.717) is 17.3 Å². The predicted molar refractivity (Wildman–Crippen MR) is 128 cm³/mol. The molecule has 2 aromatic rings. The molecule has 2 aromatic heterocycles. The van der Waals surface area contributed by atoms with Gasteiger partial charge in [-0.15, -0.1) is 0 Å². The molecular weight excluding hydrogens is 506 g/mol. The van der Waals surface area contributed by atoms with E-state index < -0.39 is 60.9 Å². The van der Waals surface area contributed by atoms with Crippen LogP contribution in [0.25, 0.3) is 5.78 Å². The average molecular weight is 538 g/mol. The van der Waals surface area contributed by atoms with Gasteiger partial charge >= 0.3 is 29.8 Å². The topological polar surface area (TPSA) is 178 Å². The molecular formula is C23H31N5O10. The predicted octanol–water partition coefficient (Wildman–Crippen LogP) is 0.159. The van der Waals surface area contributed by atoms with Crippen molar-refractivity contribution in [2.24, 2.45) is 0 Å². The van der Waals surface area contributed by atoms with E-state index in [0.717, 1.165) is 34.6 Å². The first-order valence-electron chi connectivity index (χ1n) is 11.5. The first kappa shape index (κ1) is 29.9. The second-order valence-electron chi connectivity index (χ2n) is 8.35. The number of hydrogen-bond acceptors (Lipinski definition) is 14. The standard InChI is InChI=1S/C23H31N5O10/c1-12-8-20(28-23(26-12)24-11-25-28)27(7)9-18(35-14(3)30)21(37-16(5)32)22(38-17(6)33)19(36-15(4)31)10-34-13(2)29/h8,11,18-19,21-22H,9-10H2,1-7H3. The van der Waals surface area contributed by atoms with Crippen molar-refractivity contribution in [2.45, 2.75) is 66.0 Å². The molecule has 0 aliphatic carbocycles. The number of esters is 5. The van der Waals surface area contributed by atoms with Gasteiger partial charge in [0.25, 0.3) is 5.78 Å². The van der Waals surface area contributed by atoms with Crippen molar-refractivity contribution in [3.8, 4) is 0 Å². The Kier molecular flexibility index (Phi) is 10.5. The van der Waals surface area contributed by atoms with E-state index >= 15 is 0 Å². The number of ether oxygens (including phenoxy) is 5. The van der Waals surface area contributed by atoms with Gasteiger partial charge in [-0.25, -0.2) is 4.98 Å². The Morgan fingerprint density at radius 3 is 1.89 bits per heavy atom. The Labute approximate surface area is 218 Å². The Balaban J connectivity index is 2.56. The number of nitrogens with zero attached hydrogens (tertiary/aromatic N) is 5. The summed E-state index contributed by atoms with van der Waals surface area (Å²) in [6, 6.07) is 1.71. The second-order valence-corrected chi connectivity index (χ2v) is 8.35. The van der Waals surface area contributed by atoms with E-state index in [4.69, 9.17) is 23.7 Å². The van der Waals surface area contributed by atoms with E-state index in [1.165, 1.54) is 10.8 Å². The third kappa shape index (κ3) is 8.67. The van der Waals surface area contributed by atoms with Gasteiger partial charge in [0, 0.05) is 53.4 Å². The van der Waals surface area contributed by atoms with Crippen molar-refractivity contribution in [2.75, 3.05) is 25.1 Å². The molecule has 15 heteroatoms. The number of carbonyl (C=O) groups is 5. The number of aryl methyl sites for hydroxylation is 1. The minimum atomic E-state index is -1.53. The largest absolute Gasteiger partial charge is 0.462 e. The molecule has 0 aliphatic rings. The lowest BCUT2D eigenvalue weighted by Gasteiger charge is -2.36. The van der Waals surface area contributed by atoms with E-state index in [1.54, 1.807) is 24.9 Å². The fourth-order valence-electron chi connectivity index (χ4n) is 3.67. The molecule has 2 rings (SSSR count). The summed E-state index contributed by atoms with van der Waals surface area (Å²) in [5, 5.41) is 4.15. The van der Waals surface area contributed by atoms with Crippen molar-refractivity contribution in [3.05, 3.63) is 18.1 Å². The van der Waals surface area contributed by atoms with Crippen LogP contribution in [0.1, 0.15) is 40.3 Å². The van der Waals surface area contributed by atoms with Crippen LogP contribution in [0.4, 0.5) is 5.82 Å². The number of rotatable bonds is 12. The Hall–Kier alpha value is -4.30. The third-order valence-corrected chi connectivity index (χ3v) is 4.95. The number of aromatic nitrogens is 4. The number of anilines is 1. The van der Waals surface area contributed by atoms with Crippen molar-refractivity contribution in [1.29, 1.82) is 0 Å². The molecule has 0 saturated heterocycles. The molecule has 0 aromatic carbocycles. The van der Waals surface area contributed by atoms with Crippen LogP contribution < -0.4 is 4.90 Å². The monoisotopic (exact) mass is 537 g/mol. The summed E-state index contributed by atoms with van der Waals surface area (Å²) < 4.78 is 28.1. The number of carbonyl (C=O) groups excluding carboxylic acids is 5. The lowest BCUT2D eigenvalue weighted by molar-refractivity contribution is -0.201. The summed E-state index contributed by atoms with van der Waals surface area (Å²) in [5.41, 5.74) is 0.627. The maximum absolute atomic E-state index is 12.1. The molecule has 0 aliphatic heterocycles. The number of likely N-dealkylation sites (N-methyl/N-ethyl adjacent to an activating group) is 1. The summed E-state index contributed by atoms with van der Waals surface area (Å²) >= 11 is 0. The second kappa shape index (κ2) is 13.3. The molecule has 0 radical (unpaired) electrons. The first-order chi connectivity index (χ1) is 17.8. The Morgan fingerprint density at radius 1 is 0.842 bits per heavy atom. The van der Waals surface area contributed by atoms with Gasteiger partial charge in [-0.2, -0.15) is 14.6 Å². The molecule has 0 N–H and O–H groups in total. The fourth-order valence-corrected chi connectivity index (χ4v) is 3.67. The highest BCUT2D eigenvalue weighted by atomic mass is 16.6. The van der Waals surface area contributed by atoms with E-state index in [-0.39, 0.29) is 6.54 Å². The normalized spacial score (nSPS) is 14.0. The van der Waals surface area contributed by atoms with Gasteiger partial charge in [-0.1, -0.05) is 0 Å². The van der Waals surface area contributed by atoms with Gasteiger partial charge in [0.05, 0.1) is 6.54 Å². The highest BCUT2D eigenvalue weighted by molar-refractivity contribution is 5.69. The lowest BCUT2D eigenvalue weighted by Crippen LogP contribution is -2.55. The molecule has 15 nitrogen and oxygen atoms in total. The molecule has 0 saturated carbocycles. The summed E-state index contributed by atoms with van der Waals surface area (Å²) in [4.78, 5) is 69.6. The van der Waals surface area contributed by atoms with Crippen LogP contribution >= 0.6 is 0 Å². The molecule has 2 heterocycles. The van der Waals surface area contributed by atoms with Gasteiger partial charge in [-0.3, -0.25) is 24.0 Å². The van der Waals surface area contributed by atoms with Crippen molar-refractivity contribution in [3.63, 3.8) is 0 Å². The summed E-state index contributed by atoms with van der Waals surface area (Å²) in [5.74, 6) is -3.03. The van der Waals surface area contributed by atoms with Crippen LogP contribution in [0, 0.1) is 6.92 Å². The molecule has 4 atom stereocenters. The Bertz CT molecular complexity index is 1180. The zero-order chi connectivity index (χ0) is 28.6. The van der Waals surface area contributed by atoms with Gasteiger partial charge in [-0.05, 0) is 6.92 Å². The molecule has 208 valence electrons. The summed E-state index contributed by atoms with van der Waals surface area (Å²) in [6.45, 7) is 6.67. The lowest BCUT2D eigenvalue weighted by atomic mass is 10.0. The summed E-state index contributed by atoms with van der Waals surface area (Å²) in [6.07, 6.45) is -4.37. The van der Waals surface area contributed by atoms with E-state index in [2.05, 4.69) is 15.1 Å². The maximum Gasteiger partial charge on any atom is 0.303 e. The van der Waals surface area contributed by atoms with E-state index in [9.17, 15) is 24.0 Å². The fraction of sp³-hybridized carbons (Fsp3) is 0.565. The van der Waals surface area contributed by atoms with Gasteiger partial charge < -0.3 is 28.6 Å². The molecule has 0 fully saturated rings. The highest BCUT2D eigenvalue weighted by Gasteiger charge is 2.44. The molecule has 0 amide bonds. The minimum Gasteiger partial charge on any atom is -0.462 e. The van der Waals surface area contributed by atoms with Crippen LogP contribution in [0.2, 0.25) is 0 Å². The molecule has 4 unspecified atom stereocenters. The minimum absolute atomic E-state index is 0.117. The van der Waals surface area contributed by atoms with Gasteiger partial charge in [0.1, 0.15) is 18.8 Å². The van der Waals surface area contributed by atoms with Crippen LogP contribution in [-0.2, 0) is 47.7 Å². The van der Waals surface area contributed by atoms with Crippen molar-refractivity contribution >= 4 is 41.4 Å². The first-order valence-corrected chi connectivity index (χ1v) is 11.5. The molecule has 0 spiro atoms. The third-order valence-electron chi connectivity index (χ3n) is 4.95. The smallest absolute Gasteiger partial charge is 0.303 e. The zero-order valence-corrected chi connectivity index (χ0v) is 22.2. The number of hydrogen-bond donors (Lipinski definition) is 0. The van der Waals surface area contributed by atoms with Crippen molar-refractivity contribution < 1.29 is 47.7 Å². The zero-order valence-electron chi connectivity index (χ0n) is 22.2. The van der Waals surface area contributed by atoms with Crippen LogP contribution in [-0.4, -0.2) is 94.0 Å².